The largest absolute Gasteiger partial charge is 0.361 e. The van der Waals surface area contributed by atoms with E-state index in [2.05, 4.69) is 44.1 Å². The lowest BCUT2D eigenvalue weighted by molar-refractivity contribution is 0.168. The Labute approximate surface area is 175 Å². The van der Waals surface area contributed by atoms with Crippen LogP contribution in [0.1, 0.15) is 31.2 Å². The van der Waals surface area contributed by atoms with Gasteiger partial charge in [0.15, 0.2) is 5.96 Å². The van der Waals surface area contributed by atoms with Crippen LogP contribution in [0.15, 0.2) is 15.6 Å². The van der Waals surface area contributed by atoms with Crippen LogP contribution in [0, 0.1) is 6.92 Å². The predicted octanol–water partition coefficient (Wildman–Crippen LogP) is 2.03. The second kappa shape index (κ2) is 12.5. The number of rotatable bonds is 8. The topological polar surface area (TPSA) is 60.1 Å². The lowest BCUT2D eigenvalue weighted by Crippen LogP contribution is -2.52. The summed E-state index contributed by atoms with van der Waals surface area (Å²) in [6.07, 6.45) is 2.51. The predicted molar refractivity (Wildman–Crippen MR) is 117 cm³/mol. The Morgan fingerprint density at radius 2 is 2.04 bits per heavy atom. The van der Waals surface area contributed by atoms with E-state index >= 15 is 0 Å². The van der Waals surface area contributed by atoms with E-state index < -0.39 is 0 Å². The summed E-state index contributed by atoms with van der Waals surface area (Å²) >= 11 is 0. The molecule has 1 fully saturated rings. The zero-order chi connectivity index (χ0) is 18.1. The van der Waals surface area contributed by atoms with Crippen molar-refractivity contribution in [3.63, 3.8) is 0 Å². The molecule has 1 aromatic rings. The van der Waals surface area contributed by atoms with E-state index in [9.17, 15) is 0 Å². The molecular weight excluding hydrogens is 443 g/mol. The molecule has 0 radical (unpaired) electrons. The van der Waals surface area contributed by atoms with Crippen LogP contribution in [-0.2, 0) is 6.54 Å². The van der Waals surface area contributed by atoms with Gasteiger partial charge >= 0.3 is 0 Å². The van der Waals surface area contributed by atoms with Crippen molar-refractivity contribution in [1.82, 2.24) is 25.2 Å². The van der Waals surface area contributed by atoms with Gasteiger partial charge in [-0.15, -0.1) is 24.0 Å². The summed E-state index contributed by atoms with van der Waals surface area (Å²) in [5.41, 5.74) is 1.02. The molecule has 0 unspecified atom stereocenters. The van der Waals surface area contributed by atoms with Crippen molar-refractivity contribution in [3.8, 4) is 0 Å². The van der Waals surface area contributed by atoms with Gasteiger partial charge in [0.05, 0.1) is 5.69 Å². The Bertz CT molecular complexity index is 528. The minimum Gasteiger partial charge on any atom is -0.361 e. The van der Waals surface area contributed by atoms with Gasteiger partial charge in [-0.2, -0.15) is 0 Å². The molecule has 0 saturated carbocycles. The van der Waals surface area contributed by atoms with E-state index in [1.165, 1.54) is 12.8 Å². The van der Waals surface area contributed by atoms with Gasteiger partial charge in [0.25, 0.3) is 0 Å². The van der Waals surface area contributed by atoms with Crippen LogP contribution in [0.5, 0.6) is 0 Å². The number of unbranched alkanes of at least 4 members (excludes halogenated alkanes) is 1. The molecule has 0 aromatic carbocycles. The second-order valence-electron chi connectivity index (χ2n) is 6.82. The lowest BCUT2D eigenvalue weighted by atomic mass is 10.3. The average molecular weight is 478 g/mol. The van der Waals surface area contributed by atoms with Crippen LogP contribution in [-0.4, -0.2) is 85.7 Å². The number of likely N-dealkylation sites (N-methyl/N-ethyl adjacent to an activating group) is 1. The zero-order valence-electron chi connectivity index (χ0n) is 16.7. The molecule has 0 amide bonds. The minimum atomic E-state index is 0. The average Bonchev–Trinajstić information content (AvgIpc) is 3.02. The molecule has 26 heavy (non-hydrogen) atoms. The summed E-state index contributed by atoms with van der Waals surface area (Å²) in [6.45, 7) is 12.2. The van der Waals surface area contributed by atoms with Crippen LogP contribution in [0.4, 0.5) is 0 Å². The van der Waals surface area contributed by atoms with Crippen LogP contribution < -0.4 is 5.32 Å². The van der Waals surface area contributed by atoms with Crippen LogP contribution in [0.3, 0.4) is 0 Å². The van der Waals surface area contributed by atoms with E-state index in [0.717, 1.165) is 69.8 Å². The van der Waals surface area contributed by atoms with Crippen LogP contribution in [0.25, 0.3) is 0 Å². The van der Waals surface area contributed by atoms with Crippen molar-refractivity contribution in [2.75, 3.05) is 59.9 Å². The maximum Gasteiger partial charge on any atom is 0.193 e. The molecule has 2 heterocycles. The highest BCUT2D eigenvalue weighted by atomic mass is 127. The molecule has 0 atom stereocenters. The van der Waals surface area contributed by atoms with Crippen molar-refractivity contribution >= 4 is 29.9 Å². The molecule has 0 bridgehead atoms. The fourth-order valence-electron chi connectivity index (χ4n) is 3.07. The third-order valence-electron chi connectivity index (χ3n) is 4.62. The molecule has 1 N–H and O–H groups in total. The van der Waals surface area contributed by atoms with Gasteiger partial charge in [-0.25, -0.2) is 0 Å². The molecule has 2 rings (SSSR count). The highest BCUT2D eigenvalue weighted by Gasteiger charge is 2.20. The van der Waals surface area contributed by atoms with E-state index in [1.54, 1.807) is 0 Å². The fraction of sp³-hybridized carbons (Fsp3) is 0.778. The Balaban J connectivity index is 0.00000338. The molecule has 1 saturated heterocycles. The molecule has 7 nitrogen and oxygen atoms in total. The summed E-state index contributed by atoms with van der Waals surface area (Å²) in [6, 6.07) is 2.02. The van der Waals surface area contributed by atoms with Crippen LogP contribution >= 0.6 is 24.0 Å². The van der Waals surface area contributed by atoms with Crippen molar-refractivity contribution < 1.29 is 4.52 Å². The Morgan fingerprint density at radius 3 is 2.62 bits per heavy atom. The number of hydrogen-bond acceptors (Lipinski definition) is 5. The first kappa shape index (κ1) is 23.2. The van der Waals surface area contributed by atoms with Gasteiger partial charge in [-0.3, -0.25) is 9.89 Å². The van der Waals surface area contributed by atoms with Crippen molar-refractivity contribution in [1.29, 1.82) is 0 Å². The van der Waals surface area contributed by atoms with Crippen molar-refractivity contribution in [2.24, 2.45) is 4.99 Å². The number of aliphatic imine (C=N–C) groups is 1. The Kier molecular flexibility index (Phi) is 11.1. The molecule has 0 spiro atoms. The summed E-state index contributed by atoms with van der Waals surface area (Å²) in [4.78, 5) is 11.6. The first-order valence-corrected chi connectivity index (χ1v) is 9.41. The third kappa shape index (κ3) is 7.79. The van der Waals surface area contributed by atoms with Gasteiger partial charge in [-0.1, -0.05) is 18.5 Å². The Hall–Kier alpha value is -0.870. The second-order valence-corrected chi connectivity index (χ2v) is 6.82. The van der Waals surface area contributed by atoms with E-state index in [1.807, 2.05) is 20.0 Å². The number of guanidine groups is 1. The molecular formula is C18H35IN6O. The Morgan fingerprint density at radius 1 is 1.31 bits per heavy atom. The van der Waals surface area contributed by atoms with Crippen molar-refractivity contribution in [3.05, 3.63) is 17.5 Å². The summed E-state index contributed by atoms with van der Waals surface area (Å²) in [7, 11) is 4.05. The minimum absolute atomic E-state index is 0. The number of nitrogens with one attached hydrogen (secondary N) is 1. The summed E-state index contributed by atoms with van der Waals surface area (Å²) in [5, 5.41) is 7.59. The number of aryl methyl sites for hydroxylation is 1. The molecule has 8 heteroatoms. The normalized spacial score (nSPS) is 16.0. The van der Waals surface area contributed by atoms with E-state index in [0.29, 0.717) is 0 Å². The molecule has 1 aliphatic rings. The van der Waals surface area contributed by atoms with Gasteiger partial charge in [-0.05, 0) is 26.9 Å². The standard InChI is InChI=1S/C18H34N6O.HI/c1-5-6-8-22(4)9-7-20-18(19-3)24-12-10-23(11-13-24)15-17-14-16(2)25-21-17;/h14H,5-13,15H2,1-4H3,(H,19,20);1H. The molecule has 1 aliphatic heterocycles. The maximum atomic E-state index is 5.15. The number of halogens is 1. The van der Waals surface area contributed by atoms with Gasteiger partial charge in [0, 0.05) is 58.9 Å². The monoisotopic (exact) mass is 478 g/mol. The summed E-state index contributed by atoms with van der Waals surface area (Å²) in [5.74, 6) is 1.89. The van der Waals surface area contributed by atoms with Gasteiger partial charge < -0.3 is 19.6 Å². The number of aromatic nitrogens is 1. The maximum absolute atomic E-state index is 5.15. The lowest BCUT2D eigenvalue weighted by Gasteiger charge is -2.36. The first-order valence-electron chi connectivity index (χ1n) is 9.41. The molecule has 1 aromatic heterocycles. The fourth-order valence-corrected chi connectivity index (χ4v) is 3.07. The van der Waals surface area contributed by atoms with E-state index in [-0.39, 0.29) is 24.0 Å². The van der Waals surface area contributed by atoms with E-state index in [4.69, 9.17) is 4.52 Å². The van der Waals surface area contributed by atoms with Gasteiger partial charge in [0.2, 0.25) is 0 Å². The highest BCUT2D eigenvalue weighted by Crippen LogP contribution is 2.09. The van der Waals surface area contributed by atoms with Gasteiger partial charge in [0.1, 0.15) is 5.76 Å². The number of piperazine rings is 1. The molecule has 0 aliphatic carbocycles. The quantitative estimate of drug-likeness (QED) is 0.351. The SMILES string of the molecule is CCCCN(C)CCNC(=NC)N1CCN(Cc2cc(C)on2)CC1.I. The number of nitrogens with zero attached hydrogens (tertiary/aromatic N) is 5. The zero-order valence-corrected chi connectivity index (χ0v) is 19.0. The summed E-state index contributed by atoms with van der Waals surface area (Å²) < 4.78 is 5.15. The van der Waals surface area contributed by atoms with Crippen molar-refractivity contribution in [2.45, 2.75) is 33.2 Å². The number of hydrogen-bond donors (Lipinski definition) is 1. The molecule has 150 valence electrons. The third-order valence-corrected chi connectivity index (χ3v) is 4.62. The smallest absolute Gasteiger partial charge is 0.193 e. The first-order chi connectivity index (χ1) is 12.1. The highest BCUT2D eigenvalue weighted by molar-refractivity contribution is 14.0. The van der Waals surface area contributed by atoms with Crippen LogP contribution in [0.2, 0.25) is 0 Å².